The second-order valence-corrected chi connectivity index (χ2v) is 10.1. The van der Waals surface area contributed by atoms with Gasteiger partial charge in [0.15, 0.2) is 10.3 Å². The summed E-state index contributed by atoms with van der Waals surface area (Å²) >= 11 is 3.32. The number of hydrogen-bond acceptors (Lipinski definition) is 9. The van der Waals surface area contributed by atoms with Gasteiger partial charge in [-0.25, -0.2) is 9.97 Å². The number of nitrogens with zero attached hydrogens (tertiary/aromatic N) is 5. The molecule has 186 valence electrons. The average molecular weight is 553 g/mol. The minimum atomic E-state index is -4.46. The molecule has 0 saturated carbocycles. The van der Waals surface area contributed by atoms with Gasteiger partial charge in [0, 0.05) is 22.2 Å². The Morgan fingerprint density at radius 3 is 2.50 bits per heavy atom. The fraction of sp³-hybridized carbons (Fsp3) is 0.143. The highest BCUT2D eigenvalue weighted by Gasteiger charge is 2.30. The number of aliphatic carboxylic acids is 1. The van der Waals surface area contributed by atoms with Gasteiger partial charge in [0.25, 0.3) is 5.91 Å². The average Bonchev–Trinajstić information content (AvgIpc) is 3.42. The van der Waals surface area contributed by atoms with Crippen molar-refractivity contribution < 1.29 is 27.9 Å². The van der Waals surface area contributed by atoms with E-state index in [1.807, 2.05) is 0 Å². The maximum atomic E-state index is 13.1. The predicted octanol–water partition coefficient (Wildman–Crippen LogP) is 4.87. The second kappa shape index (κ2) is 10.7. The number of pyridine rings is 1. The maximum absolute atomic E-state index is 13.1. The first-order valence-electron chi connectivity index (χ1n) is 9.94. The number of nitrogens with one attached hydrogen (secondary N) is 1. The van der Waals surface area contributed by atoms with E-state index in [9.17, 15) is 22.8 Å². The Labute approximate surface area is 214 Å². The number of carboxylic acids is 1. The Kier molecular flexibility index (Phi) is 7.61. The SMILES string of the molecule is Cn1cnnc1Sc1ccc(Sc2ccc(C(F)(F)F)cc2)c(C(=O)Nc2nc(CC(=O)O)cs2)n1. The van der Waals surface area contributed by atoms with Crippen LogP contribution in [0.15, 0.2) is 68.1 Å². The standard InChI is InChI=1S/C21H15F3N6O3S3/c1-30-10-25-29-20(30)36-15-7-6-14(35-13-4-2-11(3-5-13)21(22,23)24)17(27-15)18(33)28-19-26-12(9-34-19)8-16(31)32/h2-7,9-10H,8H2,1H3,(H,31,32)(H,26,28,33). The van der Waals surface area contributed by atoms with Crippen LogP contribution in [0, 0.1) is 0 Å². The van der Waals surface area contributed by atoms with Gasteiger partial charge in [0.2, 0.25) is 0 Å². The zero-order chi connectivity index (χ0) is 25.9. The summed E-state index contributed by atoms with van der Waals surface area (Å²) in [6, 6.07) is 7.87. The van der Waals surface area contributed by atoms with E-state index in [0.29, 0.717) is 25.7 Å². The summed E-state index contributed by atoms with van der Waals surface area (Å²) in [6.45, 7) is 0. The van der Waals surface area contributed by atoms with Gasteiger partial charge in [0.05, 0.1) is 17.7 Å². The maximum Gasteiger partial charge on any atom is 0.416 e. The topological polar surface area (TPSA) is 123 Å². The molecule has 0 atom stereocenters. The summed E-state index contributed by atoms with van der Waals surface area (Å²) in [6.07, 6.45) is -3.23. The van der Waals surface area contributed by atoms with Crippen LogP contribution < -0.4 is 5.32 Å². The molecule has 9 nitrogen and oxygen atoms in total. The molecule has 0 radical (unpaired) electrons. The molecule has 0 bridgehead atoms. The lowest BCUT2D eigenvalue weighted by molar-refractivity contribution is -0.138. The molecule has 3 heterocycles. The van der Waals surface area contributed by atoms with Crippen molar-refractivity contribution in [2.45, 2.75) is 32.6 Å². The van der Waals surface area contributed by atoms with Gasteiger partial charge < -0.3 is 9.67 Å². The molecule has 2 N–H and O–H groups in total. The molecule has 15 heteroatoms. The summed E-state index contributed by atoms with van der Waals surface area (Å²) in [5.41, 5.74) is -0.469. The fourth-order valence-corrected chi connectivity index (χ4v) is 5.13. The number of carbonyl (C=O) groups excluding carboxylic acids is 1. The number of hydrogen-bond donors (Lipinski definition) is 2. The number of carbonyl (C=O) groups is 2. The van der Waals surface area contributed by atoms with Crippen LogP contribution in [0.2, 0.25) is 0 Å². The number of thiazole rings is 1. The molecule has 0 fully saturated rings. The van der Waals surface area contributed by atoms with Gasteiger partial charge in [-0.2, -0.15) is 13.2 Å². The molecule has 4 aromatic rings. The Morgan fingerprint density at radius 1 is 1.11 bits per heavy atom. The third-order valence-electron chi connectivity index (χ3n) is 4.43. The lowest BCUT2D eigenvalue weighted by atomic mass is 10.2. The minimum Gasteiger partial charge on any atom is -0.481 e. The Morgan fingerprint density at radius 2 is 1.86 bits per heavy atom. The Balaban J connectivity index is 1.62. The molecule has 1 amide bonds. The third kappa shape index (κ3) is 6.41. The fourth-order valence-electron chi connectivity index (χ4n) is 2.78. The number of aromatic nitrogens is 5. The summed E-state index contributed by atoms with van der Waals surface area (Å²) in [5, 5.41) is 22.0. The van der Waals surface area contributed by atoms with E-state index in [4.69, 9.17) is 5.11 Å². The number of halogens is 3. The largest absolute Gasteiger partial charge is 0.481 e. The summed E-state index contributed by atoms with van der Waals surface area (Å²) in [5.74, 6) is -1.66. The van der Waals surface area contributed by atoms with Crippen molar-refractivity contribution in [2.24, 2.45) is 7.05 Å². The molecular formula is C21H15F3N6O3S3. The van der Waals surface area contributed by atoms with E-state index in [1.165, 1.54) is 35.6 Å². The normalized spacial score (nSPS) is 11.4. The number of rotatable bonds is 8. The molecule has 0 aliphatic carbocycles. The quantitative estimate of drug-likeness (QED) is 0.315. The summed E-state index contributed by atoms with van der Waals surface area (Å²) < 4.78 is 40.4. The van der Waals surface area contributed by atoms with Crippen LogP contribution in [-0.4, -0.2) is 41.7 Å². The van der Waals surface area contributed by atoms with Crippen molar-refractivity contribution in [3.05, 3.63) is 65.1 Å². The molecule has 0 aliphatic heterocycles. The van der Waals surface area contributed by atoms with Crippen LogP contribution in [0.3, 0.4) is 0 Å². The zero-order valence-electron chi connectivity index (χ0n) is 18.2. The molecule has 1 aromatic carbocycles. The second-order valence-electron chi connectivity index (χ2n) is 7.12. The van der Waals surface area contributed by atoms with Gasteiger partial charge in [0.1, 0.15) is 17.0 Å². The molecule has 36 heavy (non-hydrogen) atoms. The number of aryl methyl sites for hydroxylation is 1. The lowest BCUT2D eigenvalue weighted by Crippen LogP contribution is -2.15. The van der Waals surface area contributed by atoms with Crippen molar-refractivity contribution in [3.8, 4) is 0 Å². The van der Waals surface area contributed by atoms with E-state index in [2.05, 4.69) is 25.5 Å². The van der Waals surface area contributed by atoms with Crippen LogP contribution >= 0.6 is 34.9 Å². The van der Waals surface area contributed by atoms with Crippen molar-refractivity contribution >= 4 is 51.9 Å². The minimum absolute atomic E-state index is 0.0158. The first kappa shape index (κ1) is 25.7. The summed E-state index contributed by atoms with van der Waals surface area (Å²) in [7, 11) is 1.75. The highest BCUT2D eigenvalue weighted by Crippen LogP contribution is 2.35. The van der Waals surface area contributed by atoms with E-state index >= 15 is 0 Å². The molecule has 0 saturated heterocycles. The predicted molar refractivity (Wildman–Crippen MR) is 126 cm³/mol. The van der Waals surface area contributed by atoms with Gasteiger partial charge in [-0.1, -0.05) is 11.8 Å². The zero-order valence-corrected chi connectivity index (χ0v) is 20.6. The number of anilines is 1. The molecule has 0 unspecified atom stereocenters. The van der Waals surface area contributed by atoms with Crippen LogP contribution in [-0.2, 0) is 24.4 Å². The Bertz CT molecular complexity index is 1410. The van der Waals surface area contributed by atoms with Crippen LogP contribution in [0.5, 0.6) is 0 Å². The first-order valence-corrected chi connectivity index (χ1v) is 12.5. The van der Waals surface area contributed by atoms with Gasteiger partial charge >= 0.3 is 12.1 Å². The van der Waals surface area contributed by atoms with Crippen molar-refractivity contribution in [1.29, 1.82) is 0 Å². The van der Waals surface area contributed by atoms with E-state index in [1.54, 1.807) is 23.7 Å². The third-order valence-corrected chi connectivity index (χ3v) is 7.28. The van der Waals surface area contributed by atoms with E-state index in [-0.39, 0.29) is 17.2 Å². The van der Waals surface area contributed by atoms with Crippen LogP contribution in [0.1, 0.15) is 21.7 Å². The van der Waals surface area contributed by atoms with Crippen LogP contribution in [0.25, 0.3) is 0 Å². The number of benzene rings is 1. The first-order chi connectivity index (χ1) is 17.1. The van der Waals surface area contributed by atoms with E-state index < -0.39 is 23.6 Å². The van der Waals surface area contributed by atoms with Crippen molar-refractivity contribution in [2.75, 3.05) is 5.32 Å². The number of carboxylic acid groups (broad SMARTS) is 1. The van der Waals surface area contributed by atoms with E-state index in [0.717, 1.165) is 35.2 Å². The molecule has 0 aliphatic rings. The molecule has 4 rings (SSSR count). The molecule has 0 spiro atoms. The molecular weight excluding hydrogens is 537 g/mol. The molecule has 3 aromatic heterocycles. The summed E-state index contributed by atoms with van der Waals surface area (Å²) in [4.78, 5) is 33.4. The Hall–Kier alpha value is -3.43. The van der Waals surface area contributed by atoms with Gasteiger partial charge in [-0.05, 0) is 48.2 Å². The van der Waals surface area contributed by atoms with Crippen LogP contribution in [0.4, 0.5) is 18.3 Å². The van der Waals surface area contributed by atoms with Crippen molar-refractivity contribution in [1.82, 2.24) is 24.7 Å². The van der Waals surface area contributed by atoms with Crippen molar-refractivity contribution in [3.63, 3.8) is 0 Å². The number of alkyl halides is 3. The monoisotopic (exact) mass is 552 g/mol. The lowest BCUT2D eigenvalue weighted by Gasteiger charge is -2.11. The van der Waals surface area contributed by atoms with Gasteiger partial charge in [-0.15, -0.1) is 21.5 Å². The highest BCUT2D eigenvalue weighted by molar-refractivity contribution is 7.99. The highest BCUT2D eigenvalue weighted by atomic mass is 32.2. The smallest absolute Gasteiger partial charge is 0.416 e. The number of amides is 1. The van der Waals surface area contributed by atoms with Gasteiger partial charge in [-0.3, -0.25) is 14.9 Å².